The number of H-pyrrole nitrogens is 1. The summed E-state index contributed by atoms with van der Waals surface area (Å²) in [5.41, 5.74) is 5.35. The highest BCUT2D eigenvalue weighted by atomic mass is 16.5. The molecule has 0 unspecified atom stereocenters. The summed E-state index contributed by atoms with van der Waals surface area (Å²) in [7, 11) is 0. The Kier molecular flexibility index (Phi) is 4.56. The van der Waals surface area contributed by atoms with Gasteiger partial charge in [0, 0.05) is 22.2 Å². The van der Waals surface area contributed by atoms with E-state index in [0.717, 1.165) is 35.9 Å². The van der Waals surface area contributed by atoms with Crippen LogP contribution in [0.5, 0.6) is 0 Å². The lowest BCUT2D eigenvalue weighted by atomic mass is 9.90. The normalized spacial score (nSPS) is 14.6. The van der Waals surface area contributed by atoms with E-state index in [4.69, 9.17) is 4.74 Å². The van der Waals surface area contributed by atoms with Gasteiger partial charge in [0.05, 0.1) is 5.56 Å². The number of aryl methyl sites for hydroxylation is 3. The number of aromatic nitrogens is 1. The summed E-state index contributed by atoms with van der Waals surface area (Å²) in [4.78, 5) is 28.7. The lowest BCUT2D eigenvalue weighted by molar-refractivity contribution is 0.0319. The molecule has 1 aromatic heterocycles. The third-order valence-corrected chi connectivity index (χ3v) is 5.38. The number of para-hydroxylation sites is 1. The van der Waals surface area contributed by atoms with Gasteiger partial charge in [-0.3, -0.25) is 4.79 Å². The monoisotopic (exact) mass is 361 g/mol. The summed E-state index contributed by atoms with van der Waals surface area (Å²) in [6.45, 7) is 3.51. The van der Waals surface area contributed by atoms with Gasteiger partial charge in [-0.15, -0.1) is 0 Å². The maximum atomic E-state index is 12.9. The van der Waals surface area contributed by atoms with Crippen molar-refractivity contribution in [3.63, 3.8) is 0 Å². The number of hydrogen-bond donors (Lipinski definition) is 1. The van der Waals surface area contributed by atoms with E-state index in [9.17, 15) is 9.59 Å². The highest BCUT2D eigenvalue weighted by Gasteiger charge is 2.25. The first-order chi connectivity index (χ1) is 13.0. The van der Waals surface area contributed by atoms with Crippen molar-refractivity contribution >= 4 is 22.7 Å². The van der Waals surface area contributed by atoms with Gasteiger partial charge in [-0.25, -0.2) is 4.79 Å². The van der Waals surface area contributed by atoms with Gasteiger partial charge in [0.25, 0.3) is 0 Å². The van der Waals surface area contributed by atoms with Gasteiger partial charge in [-0.2, -0.15) is 0 Å². The van der Waals surface area contributed by atoms with Crippen LogP contribution in [0.2, 0.25) is 0 Å². The van der Waals surface area contributed by atoms with Crippen LogP contribution in [0, 0.1) is 6.92 Å². The van der Waals surface area contributed by atoms with Crippen LogP contribution in [0.25, 0.3) is 10.9 Å². The van der Waals surface area contributed by atoms with E-state index >= 15 is 0 Å². The number of ether oxygens (including phenoxy) is 1. The molecule has 1 N–H and O–H groups in total. The van der Waals surface area contributed by atoms with Gasteiger partial charge >= 0.3 is 5.97 Å². The number of carbonyl (C=O) groups excluding carboxylic acids is 2. The number of ketones is 1. The van der Waals surface area contributed by atoms with Gasteiger partial charge in [0.15, 0.2) is 6.10 Å². The van der Waals surface area contributed by atoms with Crippen molar-refractivity contribution < 1.29 is 14.3 Å². The van der Waals surface area contributed by atoms with Crippen LogP contribution in [-0.4, -0.2) is 22.8 Å². The second kappa shape index (κ2) is 7.03. The maximum Gasteiger partial charge on any atom is 0.338 e. The topological polar surface area (TPSA) is 59.2 Å². The first-order valence-electron chi connectivity index (χ1n) is 9.49. The average molecular weight is 361 g/mol. The molecule has 0 amide bonds. The number of Topliss-reactive ketones (excluding diaryl/α,β-unsaturated/α-hetero) is 1. The van der Waals surface area contributed by atoms with Crippen LogP contribution in [0.3, 0.4) is 0 Å². The molecule has 138 valence electrons. The van der Waals surface area contributed by atoms with E-state index in [-0.39, 0.29) is 5.78 Å². The van der Waals surface area contributed by atoms with Crippen LogP contribution in [0.15, 0.2) is 42.5 Å². The number of esters is 1. The molecule has 1 aliphatic rings. The molecule has 0 spiro atoms. The number of benzene rings is 2. The van der Waals surface area contributed by atoms with E-state index in [2.05, 4.69) is 4.98 Å². The number of nitrogens with one attached hydrogen (secondary N) is 1. The first-order valence-corrected chi connectivity index (χ1v) is 9.49. The Morgan fingerprint density at radius 1 is 1.04 bits per heavy atom. The summed E-state index contributed by atoms with van der Waals surface area (Å²) in [6.07, 6.45) is 3.58. The molecule has 1 heterocycles. The smallest absolute Gasteiger partial charge is 0.338 e. The minimum absolute atomic E-state index is 0.184. The summed E-state index contributed by atoms with van der Waals surface area (Å²) in [5, 5.41) is 0.858. The third kappa shape index (κ3) is 3.27. The highest BCUT2D eigenvalue weighted by molar-refractivity contribution is 6.11. The Hall–Kier alpha value is -2.88. The molecule has 0 bridgehead atoms. The number of fused-ring (bicyclic) bond motifs is 2. The summed E-state index contributed by atoms with van der Waals surface area (Å²) >= 11 is 0. The summed E-state index contributed by atoms with van der Waals surface area (Å²) < 4.78 is 5.51. The predicted molar refractivity (Wildman–Crippen MR) is 105 cm³/mol. The van der Waals surface area contributed by atoms with Gasteiger partial charge in [-0.05, 0) is 68.9 Å². The maximum absolute atomic E-state index is 12.9. The van der Waals surface area contributed by atoms with Crippen molar-refractivity contribution in [1.82, 2.24) is 4.98 Å². The fraction of sp³-hybridized carbons (Fsp3) is 0.304. The Morgan fingerprint density at radius 2 is 1.78 bits per heavy atom. The molecule has 3 aromatic rings. The van der Waals surface area contributed by atoms with Gasteiger partial charge < -0.3 is 9.72 Å². The number of hydrogen-bond acceptors (Lipinski definition) is 3. The Bertz CT molecular complexity index is 1030. The second-order valence-electron chi connectivity index (χ2n) is 7.27. The molecule has 4 rings (SSSR count). The molecule has 27 heavy (non-hydrogen) atoms. The Labute approximate surface area is 158 Å². The van der Waals surface area contributed by atoms with Crippen molar-refractivity contribution in [3.8, 4) is 0 Å². The van der Waals surface area contributed by atoms with Crippen LogP contribution in [0.4, 0.5) is 0 Å². The van der Waals surface area contributed by atoms with Gasteiger partial charge in [-0.1, -0.05) is 24.3 Å². The molecule has 0 radical (unpaired) electrons. The summed E-state index contributed by atoms with van der Waals surface area (Å²) in [5.74, 6) is -0.627. The number of aromatic amines is 1. The van der Waals surface area contributed by atoms with Crippen LogP contribution in [-0.2, 0) is 17.6 Å². The lowest BCUT2D eigenvalue weighted by Gasteiger charge is -2.17. The second-order valence-corrected chi connectivity index (χ2v) is 7.27. The minimum Gasteiger partial charge on any atom is -0.451 e. The van der Waals surface area contributed by atoms with E-state index in [1.54, 1.807) is 13.0 Å². The highest BCUT2D eigenvalue weighted by Crippen LogP contribution is 2.25. The fourth-order valence-corrected chi connectivity index (χ4v) is 3.94. The van der Waals surface area contributed by atoms with E-state index in [1.807, 2.05) is 43.3 Å². The zero-order chi connectivity index (χ0) is 19.0. The zero-order valence-corrected chi connectivity index (χ0v) is 15.7. The molecular weight excluding hydrogens is 338 g/mol. The average Bonchev–Trinajstić information content (AvgIpc) is 3.02. The molecule has 0 aliphatic heterocycles. The van der Waals surface area contributed by atoms with E-state index in [1.165, 1.54) is 17.5 Å². The Morgan fingerprint density at radius 3 is 2.59 bits per heavy atom. The lowest BCUT2D eigenvalue weighted by Crippen LogP contribution is -2.25. The van der Waals surface area contributed by atoms with Crippen molar-refractivity contribution in [2.24, 2.45) is 0 Å². The standard InChI is InChI=1S/C23H23NO3/c1-14-21(19-9-5-6-10-20(19)24-14)22(25)15(2)27-23(26)18-12-11-16-7-3-4-8-17(16)13-18/h5-6,9-13,15,24H,3-4,7-8H2,1-2H3/t15-/m1/s1. The number of rotatable bonds is 4. The van der Waals surface area contributed by atoms with Crippen LogP contribution < -0.4 is 0 Å². The first kappa shape index (κ1) is 17.5. The van der Waals surface area contributed by atoms with Crippen molar-refractivity contribution in [2.75, 3.05) is 0 Å². The largest absolute Gasteiger partial charge is 0.451 e. The SMILES string of the molecule is Cc1[nH]c2ccccc2c1C(=O)[C@@H](C)OC(=O)c1ccc2c(c1)CCCC2. The van der Waals surface area contributed by atoms with E-state index < -0.39 is 12.1 Å². The number of carbonyl (C=O) groups is 2. The summed E-state index contributed by atoms with van der Waals surface area (Å²) in [6, 6.07) is 13.4. The van der Waals surface area contributed by atoms with E-state index in [0.29, 0.717) is 11.1 Å². The molecule has 1 aliphatic carbocycles. The molecule has 0 fully saturated rings. The molecule has 4 nitrogen and oxygen atoms in total. The van der Waals surface area contributed by atoms with Gasteiger partial charge in [0.1, 0.15) is 0 Å². The molecule has 0 saturated carbocycles. The van der Waals surface area contributed by atoms with Crippen LogP contribution in [0.1, 0.15) is 57.3 Å². The molecule has 2 aromatic carbocycles. The molecule has 0 saturated heterocycles. The minimum atomic E-state index is -0.841. The molecule has 4 heteroatoms. The fourth-order valence-electron chi connectivity index (χ4n) is 3.94. The van der Waals surface area contributed by atoms with Crippen molar-refractivity contribution in [2.45, 2.75) is 45.6 Å². The van der Waals surface area contributed by atoms with Crippen molar-refractivity contribution in [1.29, 1.82) is 0 Å². The quantitative estimate of drug-likeness (QED) is 0.537. The van der Waals surface area contributed by atoms with Gasteiger partial charge in [0.2, 0.25) is 5.78 Å². The molecule has 1 atom stereocenters. The Balaban J connectivity index is 1.54. The predicted octanol–water partition coefficient (Wildman–Crippen LogP) is 4.78. The van der Waals surface area contributed by atoms with Crippen molar-refractivity contribution in [3.05, 3.63) is 70.4 Å². The zero-order valence-electron chi connectivity index (χ0n) is 15.7. The third-order valence-electron chi connectivity index (χ3n) is 5.38. The van der Waals surface area contributed by atoms with Crippen LogP contribution >= 0.6 is 0 Å². The molecular formula is C23H23NO3.